The lowest BCUT2D eigenvalue weighted by atomic mass is 10.1. The second-order valence-electron chi connectivity index (χ2n) is 8.46. The van der Waals surface area contributed by atoms with E-state index in [-0.39, 0.29) is 36.5 Å². The van der Waals surface area contributed by atoms with Crippen LogP contribution >= 0.6 is 0 Å². The summed E-state index contributed by atoms with van der Waals surface area (Å²) in [4.78, 5) is 14.8. The van der Waals surface area contributed by atoms with Crippen molar-refractivity contribution < 1.29 is 26.0 Å². The SMILES string of the molecule is C[C@@H]1Cc2cc(C(=O)N3CCCN(S(=O)(=O)c4ccc(F)cc4)CC3)ccc2N1S(C)(=O)=O. The van der Waals surface area contributed by atoms with Gasteiger partial charge in [0.1, 0.15) is 5.82 Å². The zero-order valence-corrected chi connectivity index (χ0v) is 20.1. The van der Waals surface area contributed by atoms with Crippen LogP contribution in [0.4, 0.5) is 10.1 Å². The van der Waals surface area contributed by atoms with E-state index in [1.165, 1.54) is 27.0 Å². The van der Waals surface area contributed by atoms with Crippen molar-refractivity contribution >= 4 is 31.6 Å². The van der Waals surface area contributed by atoms with E-state index in [4.69, 9.17) is 0 Å². The first-order valence-electron chi connectivity index (χ1n) is 10.7. The molecule has 0 radical (unpaired) electrons. The van der Waals surface area contributed by atoms with Gasteiger partial charge in [0.25, 0.3) is 5.91 Å². The number of sulfonamides is 2. The Labute approximate surface area is 193 Å². The lowest BCUT2D eigenvalue weighted by molar-refractivity contribution is 0.0764. The molecular weight excluding hydrogens is 469 g/mol. The Morgan fingerprint density at radius 1 is 0.970 bits per heavy atom. The second kappa shape index (κ2) is 8.69. The van der Waals surface area contributed by atoms with E-state index in [9.17, 15) is 26.0 Å². The van der Waals surface area contributed by atoms with Crippen LogP contribution in [0.15, 0.2) is 47.4 Å². The molecule has 0 N–H and O–H groups in total. The molecule has 0 saturated carbocycles. The molecule has 1 amide bonds. The van der Waals surface area contributed by atoms with Crippen LogP contribution in [0.2, 0.25) is 0 Å². The van der Waals surface area contributed by atoms with Crippen LogP contribution in [-0.2, 0) is 26.5 Å². The predicted octanol–water partition coefficient (Wildman–Crippen LogP) is 2.07. The normalized spacial score (nSPS) is 19.9. The van der Waals surface area contributed by atoms with E-state index in [1.807, 2.05) is 6.92 Å². The zero-order valence-electron chi connectivity index (χ0n) is 18.4. The fourth-order valence-electron chi connectivity index (χ4n) is 4.52. The third kappa shape index (κ3) is 4.62. The molecule has 1 fully saturated rings. The fraction of sp³-hybridized carbons (Fsp3) is 0.409. The molecule has 0 aliphatic carbocycles. The summed E-state index contributed by atoms with van der Waals surface area (Å²) in [5.74, 6) is -0.728. The van der Waals surface area contributed by atoms with Crippen LogP contribution < -0.4 is 4.31 Å². The maximum atomic E-state index is 13.2. The minimum atomic E-state index is -3.78. The Kier molecular flexibility index (Phi) is 6.23. The Balaban J connectivity index is 1.50. The van der Waals surface area contributed by atoms with Crippen molar-refractivity contribution in [3.8, 4) is 0 Å². The van der Waals surface area contributed by atoms with Gasteiger partial charge in [0.2, 0.25) is 20.0 Å². The van der Waals surface area contributed by atoms with Crippen LogP contribution in [0.25, 0.3) is 0 Å². The molecule has 0 unspecified atom stereocenters. The molecule has 2 aliphatic heterocycles. The predicted molar refractivity (Wildman–Crippen MR) is 123 cm³/mol. The van der Waals surface area contributed by atoms with Gasteiger partial charge >= 0.3 is 0 Å². The van der Waals surface area contributed by atoms with Gasteiger partial charge in [0.05, 0.1) is 16.8 Å². The van der Waals surface area contributed by atoms with Gasteiger partial charge in [-0.15, -0.1) is 0 Å². The van der Waals surface area contributed by atoms with E-state index in [0.717, 1.165) is 17.7 Å². The molecule has 33 heavy (non-hydrogen) atoms. The summed E-state index contributed by atoms with van der Waals surface area (Å²) in [6.07, 6.45) is 2.16. The van der Waals surface area contributed by atoms with Crippen molar-refractivity contribution in [2.24, 2.45) is 0 Å². The highest BCUT2D eigenvalue weighted by Gasteiger charge is 2.34. The molecule has 0 spiro atoms. The molecule has 8 nitrogen and oxygen atoms in total. The average Bonchev–Trinajstić information content (AvgIpc) is 2.91. The monoisotopic (exact) mass is 495 g/mol. The zero-order chi connectivity index (χ0) is 24.0. The number of halogens is 1. The Morgan fingerprint density at radius 2 is 1.67 bits per heavy atom. The van der Waals surface area contributed by atoms with Crippen LogP contribution in [0.1, 0.15) is 29.3 Å². The summed E-state index contributed by atoms with van der Waals surface area (Å²) in [5, 5.41) is 0. The number of carbonyl (C=O) groups excluding carboxylic acids is 1. The summed E-state index contributed by atoms with van der Waals surface area (Å²) in [6, 6.07) is 9.50. The molecule has 178 valence electrons. The van der Waals surface area contributed by atoms with Crippen LogP contribution in [0, 0.1) is 5.82 Å². The van der Waals surface area contributed by atoms with Crippen LogP contribution in [-0.4, -0.2) is 70.4 Å². The highest BCUT2D eigenvalue weighted by atomic mass is 32.2. The maximum Gasteiger partial charge on any atom is 0.253 e. The summed E-state index contributed by atoms with van der Waals surface area (Å²) in [6.45, 7) is 2.84. The highest BCUT2D eigenvalue weighted by molar-refractivity contribution is 7.92. The lowest BCUT2D eigenvalue weighted by Crippen LogP contribution is -2.37. The van der Waals surface area contributed by atoms with Gasteiger partial charge in [0, 0.05) is 37.8 Å². The number of hydrogen-bond donors (Lipinski definition) is 0. The number of rotatable bonds is 4. The van der Waals surface area contributed by atoms with Crippen molar-refractivity contribution in [3.63, 3.8) is 0 Å². The summed E-state index contributed by atoms with van der Waals surface area (Å²) in [5.41, 5.74) is 1.84. The summed E-state index contributed by atoms with van der Waals surface area (Å²) >= 11 is 0. The molecule has 1 saturated heterocycles. The molecule has 2 aromatic rings. The minimum absolute atomic E-state index is 0.0202. The third-order valence-electron chi connectivity index (χ3n) is 6.03. The summed E-state index contributed by atoms with van der Waals surface area (Å²) < 4.78 is 65.9. The van der Waals surface area contributed by atoms with Crippen molar-refractivity contribution in [3.05, 3.63) is 59.4 Å². The van der Waals surface area contributed by atoms with Gasteiger partial charge in [0.15, 0.2) is 0 Å². The maximum absolute atomic E-state index is 13.2. The second-order valence-corrected chi connectivity index (χ2v) is 12.3. The number of fused-ring (bicyclic) bond motifs is 1. The molecule has 2 aliphatic rings. The van der Waals surface area contributed by atoms with Gasteiger partial charge in [-0.05, 0) is 67.8 Å². The first kappa shape index (κ1) is 23.7. The Hall–Kier alpha value is -2.50. The molecule has 2 heterocycles. The van der Waals surface area contributed by atoms with Crippen molar-refractivity contribution in [2.75, 3.05) is 36.7 Å². The topological polar surface area (TPSA) is 95.1 Å². The lowest BCUT2D eigenvalue weighted by Gasteiger charge is -2.23. The molecule has 1 atom stereocenters. The largest absolute Gasteiger partial charge is 0.337 e. The average molecular weight is 496 g/mol. The van der Waals surface area contributed by atoms with Gasteiger partial charge in [-0.2, -0.15) is 4.31 Å². The Bertz CT molecular complexity index is 1280. The number of carbonyl (C=O) groups is 1. The number of benzene rings is 2. The van der Waals surface area contributed by atoms with Gasteiger partial charge in [-0.25, -0.2) is 21.2 Å². The van der Waals surface area contributed by atoms with Crippen LogP contribution in [0.3, 0.4) is 0 Å². The number of amides is 1. The van der Waals surface area contributed by atoms with Gasteiger partial charge in [-0.1, -0.05) is 0 Å². The molecule has 11 heteroatoms. The molecule has 0 aromatic heterocycles. The number of anilines is 1. The quantitative estimate of drug-likeness (QED) is 0.647. The van der Waals surface area contributed by atoms with E-state index in [2.05, 4.69) is 0 Å². The van der Waals surface area contributed by atoms with Gasteiger partial charge < -0.3 is 4.90 Å². The fourth-order valence-corrected chi connectivity index (χ4v) is 7.25. The van der Waals surface area contributed by atoms with E-state index in [0.29, 0.717) is 30.6 Å². The first-order valence-corrected chi connectivity index (χ1v) is 13.9. The molecule has 2 aromatic carbocycles. The number of nitrogens with zero attached hydrogens (tertiary/aromatic N) is 3. The summed E-state index contributed by atoms with van der Waals surface area (Å²) in [7, 11) is -7.20. The van der Waals surface area contributed by atoms with E-state index < -0.39 is 25.9 Å². The van der Waals surface area contributed by atoms with Crippen molar-refractivity contribution in [1.29, 1.82) is 0 Å². The van der Waals surface area contributed by atoms with Crippen molar-refractivity contribution in [1.82, 2.24) is 9.21 Å². The molecule has 0 bridgehead atoms. The van der Waals surface area contributed by atoms with E-state index >= 15 is 0 Å². The van der Waals surface area contributed by atoms with Crippen molar-refractivity contribution in [2.45, 2.75) is 30.7 Å². The number of hydrogen-bond acceptors (Lipinski definition) is 5. The third-order valence-corrected chi connectivity index (χ3v) is 9.21. The standard InChI is InChI=1S/C22H26FN3O5S2/c1-16-14-18-15-17(4-9-21(18)26(16)32(2,28)29)22(27)24-10-3-11-25(13-12-24)33(30,31)20-7-5-19(23)6-8-20/h4-9,15-16H,3,10-14H2,1-2H3/t16-/m1/s1. The minimum Gasteiger partial charge on any atom is -0.337 e. The highest BCUT2D eigenvalue weighted by Crippen LogP contribution is 2.35. The first-order chi connectivity index (χ1) is 15.5. The Morgan fingerprint density at radius 3 is 2.33 bits per heavy atom. The van der Waals surface area contributed by atoms with E-state index in [1.54, 1.807) is 23.1 Å². The molecular formula is C22H26FN3O5S2. The van der Waals surface area contributed by atoms with Gasteiger partial charge in [-0.3, -0.25) is 9.10 Å². The molecule has 4 rings (SSSR count). The van der Waals surface area contributed by atoms with Crippen LogP contribution in [0.5, 0.6) is 0 Å². The smallest absolute Gasteiger partial charge is 0.253 e.